The van der Waals surface area contributed by atoms with Crippen LogP contribution in [0.25, 0.3) is 0 Å². The van der Waals surface area contributed by atoms with Crippen molar-refractivity contribution in [2.45, 2.75) is 13.8 Å². The first kappa shape index (κ1) is 10.3. The van der Waals surface area contributed by atoms with Gasteiger partial charge in [0.15, 0.2) is 0 Å². The third-order valence-corrected chi connectivity index (χ3v) is 0.800. The molecule has 5 heteroatoms. The van der Waals surface area contributed by atoms with E-state index in [0.29, 0.717) is 5.70 Å². The summed E-state index contributed by atoms with van der Waals surface area (Å²) in [4.78, 5) is 24.3. The fourth-order valence-electron chi connectivity index (χ4n) is 0.487. The van der Waals surface area contributed by atoms with E-state index in [1.807, 2.05) is 0 Å². The third kappa shape index (κ3) is 4.21. The van der Waals surface area contributed by atoms with Crippen molar-refractivity contribution in [1.29, 1.82) is 0 Å². The fraction of sp³-hybridized carbons (Fsp3) is 0.286. The molecule has 0 unspecified atom stereocenters. The van der Waals surface area contributed by atoms with Gasteiger partial charge in [-0.1, -0.05) is 6.58 Å². The maximum atomic E-state index is 10.5. The molecule has 0 radical (unpaired) electrons. The van der Waals surface area contributed by atoms with Crippen molar-refractivity contribution in [2.75, 3.05) is 0 Å². The number of amidine groups is 1. The zero-order valence-corrected chi connectivity index (χ0v) is 6.92. The number of nitrogens with one attached hydrogen (secondary N) is 1. The van der Waals surface area contributed by atoms with Crippen LogP contribution in [0.1, 0.15) is 13.8 Å². The second-order valence-electron chi connectivity index (χ2n) is 2.18. The summed E-state index contributed by atoms with van der Waals surface area (Å²) < 4.78 is 0. The van der Waals surface area contributed by atoms with Gasteiger partial charge in [-0.15, -0.1) is 0 Å². The molecule has 0 aromatic heterocycles. The molecule has 66 valence electrons. The van der Waals surface area contributed by atoms with E-state index in [2.05, 4.69) is 16.9 Å². The first-order chi connectivity index (χ1) is 5.43. The van der Waals surface area contributed by atoms with E-state index in [-0.39, 0.29) is 0 Å². The number of aliphatic imine (C=N–C) groups is 1. The van der Waals surface area contributed by atoms with Crippen molar-refractivity contribution < 1.29 is 14.7 Å². The lowest BCUT2D eigenvalue weighted by Crippen LogP contribution is -2.34. The van der Waals surface area contributed by atoms with Crippen LogP contribution in [0.4, 0.5) is 0 Å². The van der Waals surface area contributed by atoms with Gasteiger partial charge in [-0.25, -0.2) is 9.79 Å². The maximum absolute atomic E-state index is 10.5. The molecule has 0 heterocycles. The SMILES string of the molecule is C=C(C)N=C(NC(C)=O)C(=O)O. The standard InChI is InChI=1S/C7H10N2O3/c1-4(2)8-6(7(11)12)9-5(3)10/h1H2,2-3H3,(H,11,12)(H,8,9,10). The van der Waals surface area contributed by atoms with Crippen LogP contribution in [-0.4, -0.2) is 22.8 Å². The summed E-state index contributed by atoms with van der Waals surface area (Å²) in [6, 6.07) is 0. The first-order valence-electron chi connectivity index (χ1n) is 3.18. The van der Waals surface area contributed by atoms with Gasteiger partial charge in [0.05, 0.1) is 0 Å². The minimum atomic E-state index is -1.28. The van der Waals surface area contributed by atoms with Crippen molar-refractivity contribution in [3.8, 4) is 0 Å². The summed E-state index contributed by atoms with van der Waals surface area (Å²) in [5, 5.41) is 10.5. The molecular formula is C7H10N2O3. The molecule has 5 nitrogen and oxygen atoms in total. The summed E-state index contributed by atoms with van der Waals surface area (Å²) in [5.41, 5.74) is 0.321. The van der Waals surface area contributed by atoms with Crippen LogP contribution in [-0.2, 0) is 9.59 Å². The van der Waals surface area contributed by atoms with Gasteiger partial charge in [0.25, 0.3) is 0 Å². The van der Waals surface area contributed by atoms with Crippen molar-refractivity contribution in [2.24, 2.45) is 4.99 Å². The van der Waals surface area contributed by atoms with Crippen LogP contribution < -0.4 is 5.32 Å². The molecule has 12 heavy (non-hydrogen) atoms. The van der Waals surface area contributed by atoms with Crippen molar-refractivity contribution in [1.82, 2.24) is 5.32 Å². The molecule has 0 rings (SSSR count). The quantitative estimate of drug-likeness (QED) is 0.434. The number of hydrogen-bond donors (Lipinski definition) is 2. The van der Waals surface area contributed by atoms with Gasteiger partial charge in [0, 0.05) is 12.6 Å². The smallest absolute Gasteiger partial charge is 0.372 e. The number of carbonyl (C=O) groups is 2. The number of carboxylic acids is 1. The van der Waals surface area contributed by atoms with E-state index >= 15 is 0 Å². The van der Waals surface area contributed by atoms with Gasteiger partial charge in [0.1, 0.15) is 0 Å². The Labute approximate surface area is 69.8 Å². The van der Waals surface area contributed by atoms with Crippen LogP contribution >= 0.6 is 0 Å². The van der Waals surface area contributed by atoms with Crippen molar-refractivity contribution in [3.05, 3.63) is 12.3 Å². The fourth-order valence-corrected chi connectivity index (χ4v) is 0.487. The topological polar surface area (TPSA) is 78.8 Å². The normalized spacial score (nSPS) is 10.7. The van der Waals surface area contributed by atoms with E-state index in [1.165, 1.54) is 13.8 Å². The van der Waals surface area contributed by atoms with E-state index < -0.39 is 17.7 Å². The lowest BCUT2D eigenvalue weighted by Gasteiger charge is -2.00. The monoisotopic (exact) mass is 170 g/mol. The predicted molar refractivity (Wildman–Crippen MR) is 43.7 cm³/mol. The molecule has 0 aliphatic rings. The predicted octanol–water partition coefficient (Wildman–Crippen LogP) is 0.139. The second kappa shape index (κ2) is 4.27. The van der Waals surface area contributed by atoms with Crippen molar-refractivity contribution >= 4 is 17.7 Å². The van der Waals surface area contributed by atoms with Crippen LogP contribution in [0.3, 0.4) is 0 Å². The summed E-state index contributed by atoms with van der Waals surface area (Å²) in [6.45, 7) is 6.12. The van der Waals surface area contributed by atoms with Crippen molar-refractivity contribution in [3.63, 3.8) is 0 Å². The highest BCUT2D eigenvalue weighted by Crippen LogP contribution is 1.89. The Balaban J connectivity index is 4.55. The molecular weight excluding hydrogens is 160 g/mol. The van der Waals surface area contributed by atoms with E-state index in [4.69, 9.17) is 5.11 Å². The zero-order valence-electron chi connectivity index (χ0n) is 6.92. The molecule has 0 saturated carbocycles. The minimum absolute atomic E-state index is 0.321. The third-order valence-electron chi connectivity index (χ3n) is 0.800. The zero-order chi connectivity index (χ0) is 9.72. The van der Waals surface area contributed by atoms with Crippen LogP contribution in [0.15, 0.2) is 17.3 Å². The lowest BCUT2D eigenvalue weighted by atomic mass is 10.5. The number of carboxylic acid groups (broad SMARTS) is 1. The number of allylic oxidation sites excluding steroid dienone is 1. The number of carbonyl (C=O) groups excluding carboxylic acids is 1. The first-order valence-corrected chi connectivity index (χ1v) is 3.18. The van der Waals surface area contributed by atoms with Gasteiger partial charge in [-0.2, -0.15) is 0 Å². The Morgan fingerprint density at radius 1 is 1.42 bits per heavy atom. The molecule has 0 aromatic rings. The number of aliphatic carboxylic acids is 1. The number of nitrogens with zero attached hydrogens (tertiary/aromatic N) is 1. The molecule has 0 aromatic carbocycles. The average molecular weight is 170 g/mol. The molecule has 2 N–H and O–H groups in total. The summed E-state index contributed by atoms with van der Waals surface area (Å²) in [5.74, 6) is -2.17. The second-order valence-corrected chi connectivity index (χ2v) is 2.18. The van der Waals surface area contributed by atoms with E-state index in [1.54, 1.807) is 0 Å². The molecule has 0 aliphatic carbocycles. The van der Waals surface area contributed by atoms with Gasteiger partial charge in [-0.3, -0.25) is 4.79 Å². The Morgan fingerprint density at radius 2 is 1.92 bits per heavy atom. The van der Waals surface area contributed by atoms with E-state index in [0.717, 1.165) is 0 Å². The Hall–Kier alpha value is -1.65. The Morgan fingerprint density at radius 3 is 2.17 bits per heavy atom. The van der Waals surface area contributed by atoms with E-state index in [9.17, 15) is 9.59 Å². The summed E-state index contributed by atoms with van der Waals surface area (Å²) in [6.07, 6.45) is 0. The Bertz CT molecular complexity index is 255. The van der Waals surface area contributed by atoms with Gasteiger partial charge < -0.3 is 10.4 Å². The van der Waals surface area contributed by atoms with Gasteiger partial charge in [-0.05, 0) is 6.92 Å². The molecule has 0 fully saturated rings. The van der Waals surface area contributed by atoms with Gasteiger partial charge >= 0.3 is 5.97 Å². The molecule has 0 bridgehead atoms. The summed E-state index contributed by atoms with van der Waals surface area (Å²) in [7, 11) is 0. The average Bonchev–Trinajstić information content (AvgIpc) is 1.83. The summed E-state index contributed by atoms with van der Waals surface area (Å²) >= 11 is 0. The highest BCUT2D eigenvalue weighted by molar-refractivity contribution is 6.37. The number of hydrogen-bond acceptors (Lipinski definition) is 3. The minimum Gasteiger partial charge on any atom is -0.475 e. The molecule has 0 atom stereocenters. The van der Waals surface area contributed by atoms with Crippen LogP contribution in [0.2, 0.25) is 0 Å². The highest BCUT2D eigenvalue weighted by atomic mass is 16.4. The highest BCUT2D eigenvalue weighted by Gasteiger charge is 2.09. The van der Waals surface area contributed by atoms with Crippen LogP contribution in [0, 0.1) is 0 Å². The maximum Gasteiger partial charge on any atom is 0.372 e. The molecule has 0 spiro atoms. The molecule has 1 amide bonds. The largest absolute Gasteiger partial charge is 0.475 e. The Kier molecular flexibility index (Phi) is 3.69. The number of rotatable bonds is 1. The number of amides is 1. The molecule has 0 aliphatic heterocycles. The lowest BCUT2D eigenvalue weighted by molar-refractivity contribution is -0.130. The van der Waals surface area contributed by atoms with Gasteiger partial charge in [0.2, 0.25) is 11.7 Å². The molecule has 0 saturated heterocycles. The van der Waals surface area contributed by atoms with Crippen LogP contribution in [0.5, 0.6) is 0 Å².